The molecule has 0 aliphatic rings. The SMILES string of the molecule is CCNCCC=C(C)Cc1ccncc1Cl. The molecule has 0 saturated heterocycles. The third-order valence-corrected chi connectivity index (χ3v) is 2.73. The summed E-state index contributed by atoms with van der Waals surface area (Å²) >= 11 is 6.05. The van der Waals surface area contributed by atoms with Gasteiger partial charge in [-0.05, 0) is 44.5 Å². The minimum absolute atomic E-state index is 0.752. The van der Waals surface area contributed by atoms with Crippen LogP contribution in [-0.4, -0.2) is 18.1 Å². The molecule has 0 atom stereocenters. The number of aromatic nitrogens is 1. The molecule has 0 aliphatic heterocycles. The van der Waals surface area contributed by atoms with Gasteiger partial charge in [-0.25, -0.2) is 0 Å². The summed E-state index contributed by atoms with van der Waals surface area (Å²) in [5.74, 6) is 0. The zero-order valence-corrected chi connectivity index (χ0v) is 10.7. The van der Waals surface area contributed by atoms with E-state index in [2.05, 4.69) is 30.2 Å². The zero-order chi connectivity index (χ0) is 11.8. The van der Waals surface area contributed by atoms with Gasteiger partial charge in [0.25, 0.3) is 0 Å². The van der Waals surface area contributed by atoms with Crippen LogP contribution in [-0.2, 0) is 6.42 Å². The fourth-order valence-electron chi connectivity index (χ4n) is 1.52. The number of halogens is 1. The predicted octanol–water partition coefficient (Wildman–Crippen LogP) is 3.22. The lowest BCUT2D eigenvalue weighted by molar-refractivity contribution is 0.724. The van der Waals surface area contributed by atoms with Crippen molar-refractivity contribution in [2.45, 2.75) is 26.7 Å². The lowest BCUT2D eigenvalue weighted by Crippen LogP contribution is -2.13. The molecule has 0 spiro atoms. The molecular formula is C13H19ClN2. The van der Waals surface area contributed by atoms with Gasteiger partial charge in [0.15, 0.2) is 0 Å². The molecule has 1 rings (SSSR count). The Morgan fingerprint density at radius 3 is 3.06 bits per heavy atom. The molecule has 1 heterocycles. The lowest BCUT2D eigenvalue weighted by atomic mass is 10.1. The zero-order valence-electron chi connectivity index (χ0n) is 9.96. The standard InChI is InChI=1S/C13H19ClN2/c1-3-15-7-4-5-11(2)9-12-6-8-16-10-13(12)14/h5-6,8,10,15H,3-4,7,9H2,1-2H3. The molecule has 0 aliphatic carbocycles. The molecule has 0 radical (unpaired) electrons. The van der Waals surface area contributed by atoms with Crippen LogP contribution in [0.1, 0.15) is 25.8 Å². The van der Waals surface area contributed by atoms with E-state index in [0.29, 0.717) is 0 Å². The van der Waals surface area contributed by atoms with Crippen LogP contribution in [0.2, 0.25) is 5.02 Å². The van der Waals surface area contributed by atoms with E-state index in [0.717, 1.165) is 36.5 Å². The van der Waals surface area contributed by atoms with Crippen LogP contribution in [0.3, 0.4) is 0 Å². The Balaban J connectivity index is 2.44. The van der Waals surface area contributed by atoms with Crippen LogP contribution in [0.15, 0.2) is 30.1 Å². The summed E-state index contributed by atoms with van der Waals surface area (Å²) in [6, 6.07) is 1.98. The van der Waals surface area contributed by atoms with E-state index in [4.69, 9.17) is 11.6 Å². The van der Waals surface area contributed by atoms with Crippen molar-refractivity contribution in [1.82, 2.24) is 10.3 Å². The Morgan fingerprint density at radius 1 is 1.56 bits per heavy atom. The quantitative estimate of drug-likeness (QED) is 0.608. The highest BCUT2D eigenvalue weighted by Crippen LogP contribution is 2.17. The van der Waals surface area contributed by atoms with Crippen molar-refractivity contribution < 1.29 is 0 Å². The van der Waals surface area contributed by atoms with E-state index in [1.54, 1.807) is 12.4 Å². The Bertz CT molecular complexity index is 348. The molecular weight excluding hydrogens is 220 g/mol. The van der Waals surface area contributed by atoms with Crippen molar-refractivity contribution in [1.29, 1.82) is 0 Å². The minimum Gasteiger partial charge on any atom is -0.317 e. The summed E-state index contributed by atoms with van der Waals surface area (Å²) < 4.78 is 0. The fraction of sp³-hybridized carbons (Fsp3) is 0.462. The molecule has 16 heavy (non-hydrogen) atoms. The second kappa shape index (κ2) is 7.42. The van der Waals surface area contributed by atoms with E-state index in [9.17, 15) is 0 Å². The van der Waals surface area contributed by atoms with Gasteiger partial charge in [-0.2, -0.15) is 0 Å². The summed E-state index contributed by atoms with van der Waals surface area (Å²) in [6.07, 6.45) is 7.73. The van der Waals surface area contributed by atoms with Crippen molar-refractivity contribution >= 4 is 11.6 Å². The smallest absolute Gasteiger partial charge is 0.0624 e. The molecule has 0 bridgehead atoms. The lowest BCUT2D eigenvalue weighted by Gasteiger charge is -2.04. The topological polar surface area (TPSA) is 24.9 Å². The van der Waals surface area contributed by atoms with E-state index in [-0.39, 0.29) is 0 Å². The highest BCUT2D eigenvalue weighted by atomic mass is 35.5. The van der Waals surface area contributed by atoms with Gasteiger partial charge in [0.2, 0.25) is 0 Å². The summed E-state index contributed by atoms with van der Waals surface area (Å²) in [6.45, 7) is 6.33. The highest BCUT2D eigenvalue weighted by molar-refractivity contribution is 6.31. The van der Waals surface area contributed by atoms with Crippen molar-refractivity contribution in [3.8, 4) is 0 Å². The van der Waals surface area contributed by atoms with Crippen molar-refractivity contribution in [2.24, 2.45) is 0 Å². The van der Waals surface area contributed by atoms with E-state index >= 15 is 0 Å². The largest absolute Gasteiger partial charge is 0.317 e. The number of hydrogen-bond donors (Lipinski definition) is 1. The van der Waals surface area contributed by atoms with Gasteiger partial charge in [0.1, 0.15) is 0 Å². The average Bonchev–Trinajstić information content (AvgIpc) is 2.28. The van der Waals surface area contributed by atoms with Crippen LogP contribution in [0.5, 0.6) is 0 Å². The van der Waals surface area contributed by atoms with Crippen LogP contribution in [0.25, 0.3) is 0 Å². The Labute approximate surface area is 103 Å². The second-order valence-electron chi connectivity index (χ2n) is 3.84. The van der Waals surface area contributed by atoms with E-state index < -0.39 is 0 Å². The molecule has 0 unspecified atom stereocenters. The Hall–Kier alpha value is -0.860. The summed E-state index contributed by atoms with van der Waals surface area (Å²) in [7, 11) is 0. The van der Waals surface area contributed by atoms with E-state index in [1.807, 2.05) is 6.07 Å². The predicted molar refractivity (Wildman–Crippen MR) is 69.9 cm³/mol. The summed E-state index contributed by atoms with van der Waals surface area (Å²) in [5, 5.41) is 4.05. The molecule has 0 fully saturated rings. The number of pyridine rings is 1. The highest BCUT2D eigenvalue weighted by Gasteiger charge is 1.99. The summed E-state index contributed by atoms with van der Waals surface area (Å²) in [5.41, 5.74) is 2.50. The third-order valence-electron chi connectivity index (χ3n) is 2.39. The molecule has 2 nitrogen and oxygen atoms in total. The maximum absolute atomic E-state index is 6.05. The summed E-state index contributed by atoms with van der Waals surface area (Å²) in [4.78, 5) is 3.98. The first-order valence-corrected chi connectivity index (χ1v) is 6.06. The first-order chi connectivity index (χ1) is 7.74. The number of nitrogens with one attached hydrogen (secondary N) is 1. The fourth-order valence-corrected chi connectivity index (χ4v) is 1.70. The second-order valence-corrected chi connectivity index (χ2v) is 4.24. The van der Waals surface area contributed by atoms with E-state index in [1.165, 1.54) is 5.57 Å². The first-order valence-electron chi connectivity index (χ1n) is 5.68. The Kier molecular flexibility index (Phi) is 6.12. The van der Waals surface area contributed by atoms with Gasteiger partial charge in [-0.15, -0.1) is 0 Å². The molecule has 0 amide bonds. The normalized spacial score (nSPS) is 11.8. The number of hydrogen-bond acceptors (Lipinski definition) is 2. The van der Waals surface area contributed by atoms with Gasteiger partial charge >= 0.3 is 0 Å². The van der Waals surface area contributed by atoms with Crippen molar-refractivity contribution in [2.75, 3.05) is 13.1 Å². The van der Waals surface area contributed by atoms with Crippen molar-refractivity contribution in [3.05, 3.63) is 40.7 Å². The van der Waals surface area contributed by atoms with Crippen LogP contribution < -0.4 is 5.32 Å². The third kappa shape index (κ3) is 4.77. The maximum Gasteiger partial charge on any atom is 0.0624 e. The number of rotatable bonds is 6. The van der Waals surface area contributed by atoms with Gasteiger partial charge in [-0.3, -0.25) is 4.98 Å². The first kappa shape index (κ1) is 13.2. The average molecular weight is 239 g/mol. The Morgan fingerprint density at radius 2 is 2.38 bits per heavy atom. The maximum atomic E-state index is 6.05. The monoisotopic (exact) mass is 238 g/mol. The molecule has 1 N–H and O–H groups in total. The molecule has 3 heteroatoms. The molecule has 0 aromatic carbocycles. The van der Waals surface area contributed by atoms with Crippen LogP contribution in [0, 0.1) is 0 Å². The van der Waals surface area contributed by atoms with Crippen LogP contribution >= 0.6 is 11.6 Å². The van der Waals surface area contributed by atoms with Crippen molar-refractivity contribution in [3.63, 3.8) is 0 Å². The van der Waals surface area contributed by atoms with Gasteiger partial charge in [-0.1, -0.05) is 30.2 Å². The minimum atomic E-state index is 0.752. The van der Waals surface area contributed by atoms with Gasteiger partial charge in [0, 0.05) is 12.4 Å². The van der Waals surface area contributed by atoms with Gasteiger partial charge in [0.05, 0.1) is 5.02 Å². The number of nitrogens with zero attached hydrogens (tertiary/aromatic N) is 1. The van der Waals surface area contributed by atoms with Gasteiger partial charge < -0.3 is 5.32 Å². The molecule has 88 valence electrons. The van der Waals surface area contributed by atoms with Crippen LogP contribution in [0.4, 0.5) is 0 Å². The molecule has 1 aromatic rings. The molecule has 0 saturated carbocycles. The number of allylic oxidation sites excluding steroid dienone is 1. The molecule has 1 aromatic heterocycles.